The number of anilines is 1. The van der Waals surface area contributed by atoms with Gasteiger partial charge in [0.15, 0.2) is 0 Å². The molecule has 0 spiro atoms. The number of amides is 2. The summed E-state index contributed by atoms with van der Waals surface area (Å²) >= 11 is 0. The number of rotatable bonds is 6. The van der Waals surface area contributed by atoms with E-state index in [-0.39, 0.29) is 12.0 Å². The largest absolute Gasteiger partial charge is 0.382 e. The lowest BCUT2D eigenvalue weighted by Crippen LogP contribution is -2.30. The highest BCUT2D eigenvalue weighted by Gasteiger charge is 2.03. The fraction of sp³-hybridized carbons (Fsp3) is 0.714. The highest BCUT2D eigenvalue weighted by atomic mass is 16.5. The van der Waals surface area contributed by atoms with E-state index in [1.54, 1.807) is 0 Å². The van der Waals surface area contributed by atoms with Gasteiger partial charge in [0, 0.05) is 19.8 Å². The van der Waals surface area contributed by atoms with E-state index in [9.17, 15) is 4.79 Å². The first-order chi connectivity index (χ1) is 7.33. The third kappa shape index (κ3) is 4.91. The van der Waals surface area contributed by atoms with Crippen LogP contribution in [0.25, 0.3) is 0 Å². The first-order valence-electron chi connectivity index (χ1n) is 4.69. The topological polar surface area (TPSA) is 105 Å². The van der Waals surface area contributed by atoms with Crippen molar-refractivity contribution < 1.29 is 9.53 Å². The number of ether oxygens (including phenoxy) is 1. The molecule has 0 unspecified atom stereocenters. The van der Waals surface area contributed by atoms with E-state index in [2.05, 4.69) is 31.3 Å². The molecule has 0 aliphatic heterocycles. The Kier molecular flexibility index (Phi) is 5.09. The van der Waals surface area contributed by atoms with Crippen molar-refractivity contribution in [2.24, 2.45) is 0 Å². The smallest absolute Gasteiger partial charge is 0.321 e. The van der Waals surface area contributed by atoms with Crippen molar-refractivity contribution in [3.8, 4) is 0 Å². The Morgan fingerprint density at radius 1 is 1.60 bits per heavy atom. The number of hydrogen-bond acceptors (Lipinski definition) is 5. The van der Waals surface area contributed by atoms with E-state index >= 15 is 0 Å². The highest BCUT2D eigenvalue weighted by Crippen LogP contribution is 1.89. The third-order valence-electron chi connectivity index (χ3n) is 1.53. The fourth-order valence-electron chi connectivity index (χ4n) is 0.881. The van der Waals surface area contributed by atoms with Crippen LogP contribution in [0.2, 0.25) is 0 Å². The molecular weight excluding hydrogens is 200 g/mol. The number of nitrogens with zero attached hydrogens (tertiary/aromatic N) is 3. The van der Waals surface area contributed by atoms with Crippen molar-refractivity contribution in [1.82, 2.24) is 25.9 Å². The Morgan fingerprint density at radius 2 is 2.47 bits per heavy atom. The van der Waals surface area contributed by atoms with Crippen LogP contribution in [-0.4, -0.2) is 46.4 Å². The Hall–Kier alpha value is -1.70. The lowest BCUT2D eigenvalue weighted by Gasteiger charge is -2.04. The zero-order chi connectivity index (χ0) is 10.9. The molecule has 0 aromatic carbocycles. The lowest BCUT2D eigenvalue weighted by molar-refractivity contribution is 0.145. The van der Waals surface area contributed by atoms with E-state index in [1.165, 1.54) is 0 Å². The van der Waals surface area contributed by atoms with Gasteiger partial charge < -0.3 is 10.1 Å². The van der Waals surface area contributed by atoms with E-state index in [0.717, 1.165) is 6.42 Å². The molecule has 0 atom stereocenters. The fourth-order valence-corrected chi connectivity index (χ4v) is 0.881. The molecule has 1 rings (SSSR count). The summed E-state index contributed by atoms with van der Waals surface area (Å²) < 4.78 is 5.11. The van der Waals surface area contributed by atoms with Crippen molar-refractivity contribution in [1.29, 1.82) is 0 Å². The average Bonchev–Trinajstić information content (AvgIpc) is 2.70. The van der Waals surface area contributed by atoms with E-state index in [1.807, 2.05) is 6.92 Å². The molecule has 0 bridgehead atoms. The molecule has 0 saturated heterocycles. The van der Waals surface area contributed by atoms with Crippen LogP contribution >= 0.6 is 0 Å². The Balaban J connectivity index is 2.04. The van der Waals surface area contributed by atoms with Crippen LogP contribution in [0.4, 0.5) is 10.7 Å². The van der Waals surface area contributed by atoms with Crippen LogP contribution < -0.4 is 10.6 Å². The van der Waals surface area contributed by atoms with Gasteiger partial charge >= 0.3 is 6.03 Å². The van der Waals surface area contributed by atoms with Gasteiger partial charge in [-0.25, -0.2) is 4.79 Å². The van der Waals surface area contributed by atoms with Gasteiger partial charge in [0.25, 0.3) is 5.95 Å². The standard InChI is InChI=1S/C7H14N6O2/c1-2-15-5-3-4-8-7(14)9-6-10-12-13-11-6/h2-5H2,1H3,(H3,8,9,10,11,12,13,14). The number of nitrogens with one attached hydrogen (secondary N) is 3. The van der Waals surface area contributed by atoms with Crippen molar-refractivity contribution in [2.75, 3.05) is 25.1 Å². The number of urea groups is 1. The molecule has 1 aromatic rings. The maximum absolute atomic E-state index is 11.2. The van der Waals surface area contributed by atoms with E-state index < -0.39 is 0 Å². The van der Waals surface area contributed by atoms with Crippen molar-refractivity contribution in [2.45, 2.75) is 13.3 Å². The number of tetrazole rings is 1. The van der Waals surface area contributed by atoms with Crippen molar-refractivity contribution in [3.05, 3.63) is 0 Å². The van der Waals surface area contributed by atoms with Gasteiger partial charge in [-0.15, -0.1) is 5.10 Å². The molecule has 1 heterocycles. The molecule has 3 N–H and O–H groups in total. The second-order valence-electron chi connectivity index (χ2n) is 2.67. The summed E-state index contributed by atoms with van der Waals surface area (Å²) in [7, 11) is 0. The zero-order valence-corrected chi connectivity index (χ0v) is 8.49. The van der Waals surface area contributed by atoms with Gasteiger partial charge in [0.05, 0.1) is 0 Å². The Labute approximate surface area is 86.8 Å². The van der Waals surface area contributed by atoms with Crippen LogP contribution in [0.1, 0.15) is 13.3 Å². The molecule has 0 fully saturated rings. The molecule has 0 aliphatic rings. The minimum Gasteiger partial charge on any atom is -0.382 e. The van der Waals surface area contributed by atoms with E-state index in [4.69, 9.17) is 4.74 Å². The Bertz CT molecular complexity index is 275. The maximum Gasteiger partial charge on any atom is 0.321 e. The number of carbonyl (C=O) groups excluding carboxylic acids is 1. The van der Waals surface area contributed by atoms with Gasteiger partial charge in [-0.05, 0) is 18.6 Å². The number of H-pyrrole nitrogens is 1. The Morgan fingerprint density at radius 3 is 3.13 bits per heavy atom. The highest BCUT2D eigenvalue weighted by molar-refractivity contribution is 5.87. The summed E-state index contributed by atoms with van der Waals surface area (Å²) in [5.41, 5.74) is 0. The molecule has 0 radical (unpaired) electrons. The number of hydrogen-bond donors (Lipinski definition) is 3. The summed E-state index contributed by atoms with van der Waals surface area (Å²) in [6.07, 6.45) is 0.771. The van der Waals surface area contributed by atoms with Gasteiger partial charge in [-0.1, -0.05) is 5.10 Å². The minimum atomic E-state index is -0.354. The lowest BCUT2D eigenvalue weighted by atomic mass is 10.4. The maximum atomic E-state index is 11.2. The average molecular weight is 214 g/mol. The molecule has 8 heteroatoms. The number of aromatic amines is 1. The van der Waals surface area contributed by atoms with Crippen molar-refractivity contribution >= 4 is 12.0 Å². The quantitative estimate of drug-likeness (QED) is 0.566. The van der Waals surface area contributed by atoms with Gasteiger partial charge in [-0.3, -0.25) is 5.32 Å². The minimum absolute atomic E-state index is 0.150. The summed E-state index contributed by atoms with van der Waals surface area (Å²) in [6, 6.07) is -0.354. The van der Waals surface area contributed by atoms with Gasteiger partial charge in [0.1, 0.15) is 0 Å². The van der Waals surface area contributed by atoms with Crippen LogP contribution in [0, 0.1) is 0 Å². The third-order valence-corrected chi connectivity index (χ3v) is 1.53. The first kappa shape index (κ1) is 11.4. The summed E-state index contributed by atoms with van der Waals surface area (Å²) in [4.78, 5) is 11.2. The molecule has 8 nitrogen and oxygen atoms in total. The monoisotopic (exact) mass is 214 g/mol. The normalized spacial score (nSPS) is 9.93. The van der Waals surface area contributed by atoms with Gasteiger partial charge in [0.2, 0.25) is 0 Å². The first-order valence-corrected chi connectivity index (χ1v) is 4.69. The molecular formula is C7H14N6O2. The van der Waals surface area contributed by atoms with Crippen LogP contribution in [0.3, 0.4) is 0 Å². The van der Waals surface area contributed by atoms with E-state index in [0.29, 0.717) is 19.8 Å². The van der Waals surface area contributed by atoms with Gasteiger partial charge in [-0.2, -0.15) is 5.21 Å². The van der Waals surface area contributed by atoms with Crippen LogP contribution in [-0.2, 0) is 4.74 Å². The second kappa shape index (κ2) is 6.71. The number of carbonyl (C=O) groups is 1. The van der Waals surface area contributed by atoms with Crippen molar-refractivity contribution in [3.63, 3.8) is 0 Å². The molecule has 1 aromatic heterocycles. The van der Waals surface area contributed by atoms with Crippen LogP contribution in [0.15, 0.2) is 0 Å². The second-order valence-corrected chi connectivity index (χ2v) is 2.67. The summed E-state index contributed by atoms with van der Waals surface area (Å²) in [5, 5.41) is 17.7. The molecule has 15 heavy (non-hydrogen) atoms. The predicted molar refractivity (Wildman–Crippen MR) is 52.3 cm³/mol. The predicted octanol–water partition coefficient (Wildman–Crippen LogP) is -0.252. The summed E-state index contributed by atoms with van der Waals surface area (Å²) in [6.45, 7) is 3.80. The van der Waals surface area contributed by atoms with Crippen LogP contribution in [0.5, 0.6) is 0 Å². The summed E-state index contributed by atoms with van der Waals surface area (Å²) in [5.74, 6) is 0.150. The molecule has 84 valence electrons. The SMILES string of the molecule is CCOCCCNC(=O)Nc1nn[nH]n1. The molecule has 0 saturated carbocycles. The molecule has 2 amide bonds. The number of aromatic nitrogens is 4. The zero-order valence-electron chi connectivity index (χ0n) is 8.49. The molecule has 0 aliphatic carbocycles.